The molecule has 4 nitrogen and oxygen atoms in total. The highest BCUT2D eigenvalue weighted by Crippen LogP contribution is 2.34. The fraction of sp³-hybridized carbons (Fsp3) is 0.333. The van der Waals surface area contributed by atoms with Crippen molar-refractivity contribution in [3.05, 3.63) is 46.6 Å². The number of carbonyl (C=O) groups is 2. The summed E-state index contributed by atoms with van der Waals surface area (Å²) in [6.45, 7) is 7.36. The number of imide groups is 1. The molecule has 0 spiro atoms. The summed E-state index contributed by atoms with van der Waals surface area (Å²) in [5, 5.41) is -0.321. The molecule has 6 heteroatoms. The van der Waals surface area contributed by atoms with Crippen LogP contribution in [0, 0.1) is 12.7 Å². The number of anilines is 1. The number of amides is 2. The maximum Gasteiger partial charge on any atom is 0.293 e. The molecule has 2 amide bonds. The van der Waals surface area contributed by atoms with Gasteiger partial charge >= 0.3 is 0 Å². The second kappa shape index (κ2) is 6.81. The smallest absolute Gasteiger partial charge is 0.293 e. The topological polar surface area (TPSA) is 40.6 Å². The van der Waals surface area contributed by atoms with Crippen LogP contribution in [0.25, 0.3) is 6.08 Å². The van der Waals surface area contributed by atoms with Crippen molar-refractivity contribution in [1.29, 1.82) is 0 Å². The molecule has 1 aromatic rings. The van der Waals surface area contributed by atoms with E-state index in [1.165, 1.54) is 12.1 Å². The van der Waals surface area contributed by atoms with Gasteiger partial charge in [-0.15, -0.1) is 6.58 Å². The van der Waals surface area contributed by atoms with Gasteiger partial charge in [0.25, 0.3) is 11.1 Å². The standard InChI is InChI=1S/C18H19FN2O2S/c1-3-6-21-17(22)16(24-18(21)23)11-13-10-14(19)15(9-12(13)2)20-7-4-5-8-20/h3,9-11H,1,4-8H2,2H3. The molecule has 2 aliphatic heterocycles. The summed E-state index contributed by atoms with van der Waals surface area (Å²) in [4.78, 5) is 27.6. The van der Waals surface area contributed by atoms with E-state index in [0.29, 0.717) is 16.2 Å². The van der Waals surface area contributed by atoms with Crippen molar-refractivity contribution in [2.45, 2.75) is 19.8 Å². The lowest BCUT2D eigenvalue weighted by Crippen LogP contribution is -2.27. The molecule has 0 aliphatic carbocycles. The minimum Gasteiger partial charge on any atom is -0.369 e. The second-order valence-corrected chi connectivity index (χ2v) is 6.93. The third-order valence-corrected chi connectivity index (χ3v) is 5.16. The third kappa shape index (κ3) is 3.11. The highest BCUT2D eigenvalue weighted by molar-refractivity contribution is 8.18. The lowest BCUT2D eigenvalue weighted by molar-refractivity contribution is -0.122. The first kappa shape index (κ1) is 16.8. The Morgan fingerprint density at radius 2 is 2.00 bits per heavy atom. The van der Waals surface area contributed by atoms with Crippen LogP contribution in [0.2, 0.25) is 0 Å². The average Bonchev–Trinajstić information content (AvgIpc) is 3.15. The van der Waals surface area contributed by atoms with Gasteiger partial charge in [-0.2, -0.15) is 0 Å². The SMILES string of the molecule is C=CCN1C(=O)SC(=Cc2cc(F)c(N3CCCC3)cc2C)C1=O. The van der Waals surface area contributed by atoms with Crippen LogP contribution in [0.5, 0.6) is 0 Å². The molecule has 0 bridgehead atoms. The number of benzene rings is 1. The molecule has 1 aromatic carbocycles. The van der Waals surface area contributed by atoms with Crippen LogP contribution in [0.4, 0.5) is 14.9 Å². The van der Waals surface area contributed by atoms with Gasteiger partial charge in [-0.1, -0.05) is 6.08 Å². The number of hydrogen-bond acceptors (Lipinski definition) is 4. The monoisotopic (exact) mass is 346 g/mol. The zero-order valence-corrected chi connectivity index (χ0v) is 14.4. The zero-order chi connectivity index (χ0) is 17.3. The zero-order valence-electron chi connectivity index (χ0n) is 13.5. The van der Waals surface area contributed by atoms with Crippen molar-refractivity contribution >= 4 is 34.7 Å². The molecular weight excluding hydrogens is 327 g/mol. The number of thioether (sulfide) groups is 1. The van der Waals surface area contributed by atoms with Crippen molar-refractivity contribution < 1.29 is 14.0 Å². The van der Waals surface area contributed by atoms with E-state index in [1.54, 1.807) is 6.08 Å². The van der Waals surface area contributed by atoms with Crippen molar-refractivity contribution in [3.63, 3.8) is 0 Å². The molecule has 2 aliphatic rings. The predicted molar refractivity (Wildman–Crippen MR) is 95.5 cm³/mol. The molecule has 0 saturated carbocycles. The number of carbonyl (C=O) groups excluding carboxylic acids is 2. The van der Waals surface area contributed by atoms with Gasteiger partial charge in [0.15, 0.2) is 0 Å². The maximum atomic E-state index is 14.5. The molecule has 0 radical (unpaired) electrons. The van der Waals surface area contributed by atoms with Crippen LogP contribution in [0.15, 0.2) is 29.7 Å². The summed E-state index contributed by atoms with van der Waals surface area (Å²) in [7, 11) is 0. The maximum absolute atomic E-state index is 14.5. The van der Waals surface area contributed by atoms with Crippen molar-refractivity contribution in [3.8, 4) is 0 Å². The van der Waals surface area contributed by atoms with Gasteiger partial charge in [-0.3, -0.25) is 14.5 Å². The Bertz CT molecular complexity index is 739. The number of hydrogen-bond donors (Lipinski definition) is 0. The van der Waals surface area contributed by atoms with Crippen LogP contribution in [-0.4, -0.2) is 35.7 Å². The minimum atomic E-state index is -0.353. The molecule has 2 heterocycles. The Kier molecular flexibility index (Phi) is 4.76. The van der Waals surface area contributed by atoms with E-state index in [4.69, 9.17) is 0 Å². The van der Waals surface area contributed by atoms with E-state index in [0.717, 1.165) is 48.2 Å². The highest BCUT2D eigenvalue weighted by atomic mass is 32.2. The molecule has 0 unspecified atom stereocenters. The number of rotatable bonds is 4. The average molecular weight is 346 g/mol. The fourth-order valence-electron chi connectivity index (χ4n) is 2.97. The van der Waals surface area contributed by atoms with Gasteiger partial charge in [-0.05, 0) is 60.9 Å². The summed E-state index contributed by atoms with van der Waals surface area (Å²) in [5.74, 6) is -0.646. The number of halogens is 1. The van der Waals surface area contributed by atoms with E-state index in [2.05, 4.69) is 6.58 Å². The molecule has 0 aromatic heterocycles. The second-order valence-electron chi connectivity index (χ2n) is 5.94. The van der Waals surface area contributed by atoms with Crippen LogP contribution in [-0.2, 0) is 4.79 Å². The largest absolute Gasteiger partial charge is 0.369 e. The Morgan fingerprint density at radius 1 is 1.29 bits per heavy atom. The quantitative estimate of drug-likeness (QED) is 0.611. The fourth-order valence-corrected chi connectivity index (χ4v) is 3.80. The first-order valence-electron chi connectivity index (χ1n) is 7.92. The van der Waals surface area contributed by atoms with Crippen molar-refractivity contribution in [1.82, 2.24) is 4.90 Å². The summed E-state index contributed by atoms with van der Waals surface area (Å²) < 4.78 is 14.5. The first-order chi connectivity index (χ1) is 11.5. The van der Waals surface area contributed by atoms with Gasteiger partial charge in [0.1, 0.15) is 5.82 Å². The van der Waals surface area contributed by atoms with Crippen LogP contribution >= 0.6 is 11.8 Å². The summed E-state index contributed by atoms with van der Waals surface area (Å²) in [6, 6.07) is 3.27. The van der Waals surface area contributed by atoms with Gasteiger partial charge in [-0.25, -0.2) is 4.39 Å². The van der Waals surface area contributed by atoms with E-state index in [1.807, 2.05) is 17.9 Å². The molecule has 2 fully saturated rings. The van der Waals surface area contributed by atoms with Gasteiger partial charge < -0.3 is 4.90 Å². The summed E-state index contributed by atoms with van der Waals surface area (Å²) in [5.41, 5.74) is 2.12. The molecule has 2 saturated heterocycles. The van der Waals surface area contributed by atoms with E-state index in [-0.39, 0.29) is 23.5 Å². The predicted octanol–water partition coefficient (Wildman–Crippen LogP) is 3.96. The minimum absolute atomic E-state index is 0.184. The first-order valence-corrected chi connectivity index (χ1v) is 8.74. The Balaban J connectivity index is 1.90. The van der Waals surface area contributed by atoms with Crippen LogP contribution in [0.1, 0.15) is 24.0 Å². The summed E-state index contributed by atoms with van der Waals surface area (Å²) >= 11 is 0.879. The highest BCUT2D eigenvalue weighted by Gasteiger charge is 2.34. The van der Waals surface area contributed by atoms with Gasteiger partial charge in [0.05, 0.1) is 10.6 Å². The molecule has 24 heavy (non-hydrogen) atoms. The third-order valence-electron chi connectivity index (χ3n) is 4.25. The lowest BCUT2D eigenvalue weighted by Gasteiger charge is -2.19. The molecule has 3 rings (SSSR count). The number of nitrogens with zero attached hydrogens (tertiary/aromatic N) is 2. The Labute approximate surface area is 145 Å². The molecular formula is C18H19FN2O2S. The molecule has 0 atom stereocenters. The lowest BCUT2D eigenvalue weighted by atomic mass is 10.1. The van der Waals surface area contributed by atoms with Crippen molar-refractivity contribution in [2.75, 3.05) is 24.5 Å². The summed E-state index contributed by atoms with van der Waals surface area (Å²) in [6.07, 6.45) is 5.27. The van der Waals surface area contributed by atoms with E-state index < -0.39 is 0 Å². The van der Waals surface area contributed by atoms with Gasteiger partial charge in [0, 0.05) is 19.6 Å². The Hall–Kier alpha value is -2.08. The molecule has 0 N–H and O–H groups in total. The van der Waals surface area contributed by atoms with E-state index >= 15 is 0 Å². The van der Waals surface area contributed by atoms with E-state index in [9.17, 15) is 14.0 Å². The normalized spacial score (nSPS) is 19.7. The van der Waals surface area contributed by atoms with Crippen LogP contribution < -0.4 is 4.90 Å². The van der Waals surface area contributed by atoms with Gasteiger partial charge in [0.2, 0.25) is 0 Å². The van der Waals surface area contributed by atoms with Crippen molar-refractivity contribution in [2.24, 2.45) is 0 Å². The van der Waals surface area contributed by atoms with Crippen LogP contribution in [0.3, 0.4) is 0 Å². The Morgan fingerprint density at radius 3 is 2.67 bits per heavy atom. The molecule has 126 valence electrons. The number of aryl methyl sites for hydroxylation is 1.